The van der Waals surface area contributed by atoms with Crippen LogP contribution in [0.1, 0.15) is 31.2 Å². The van der Waals surface area contributed by atoms with Crippen molar-refractivity contribution >= 4 is 21.6 Å². The smallest absolute Gasteiger partial charge is 0.264 e. The van der Waals surface area contributed by atoms with Gasteiger partial charge in [0.25, 0.3) is 10.0 Å². The number of hydrogen-bond donors (Lipinski definition) is 1. The Morgan fingerprint density at radius 1 is 1.04 bits per heavy atom. The van der Waals surface area contributed by atoms with E-state index < -0.39 is 10.0 Å². The minimum atomic E-state index is -3.85. The van der Waals surface area contributed by atoms with E-state index in [1.54, 1.807) is 48.5 Å². The van der Waals surface area contributed by atoms with Gasteiger partial charge < -0.3 is 5.32 Å². The molecule has 0 aliphatic heterocycles. The van der Waals surface area contributed by atoms with Crippen molar-refractivity contribution in [2.24, 2.45) is 0 Å². The third-order valence-corrected chi connectivity index (χ3v) is 6.63. The molecule has 0 bridgehead atoms. The molecule has 0 spiro atoms. The van der Waals surface area contributed by atoms with Gasteiger partial charge in [0.05, 0.1) is 10.6 Å². The number of rotatable bonds is 7. The molecule has 2 aromatic rings. The zero-order valence-electron chi connectivity index (χ0n) is 16.1. The Morgan fingerprint density at radius 3 is 2.39 bits per heavy atom. The monoisotopic (exact) mass is 398 g/mol. The van der Waals surface area contributed by atoms with Crippen molar-refractivity contribution in [1.29, 1.82) is 0 Å². The molecule has 0 fully saturated rings. The summed E-state index contributed by atoms with van der Waals surface area (Å²) in [5.41, 5.74) is 2.66. The summed E-state index contributed by atoms with van der Waals surface area (Å²) in [5.74, 6) is -0.314. The van der Waals surface area contributed by atoms with Gasteiger partial charge in [-0.1, -0.05) is 47.5 Å². The summed E-state index contributed by atoms with van der Waals surface area (Å²) in [6.07, 6.45) is 6.53. The molecular formula is C22H26N2O3S. The first-order chi connectivity index (χ1) is 13.5. The molecule has 1 aliphatic carbocycles. The maximum Gasteiger partial charge on any atom is 0.264 e. The number of aryl methyl sites for hydroxylation is 1. The van der Waals surface area contributed by atoms with Crippen molar-refractivity contribution in [3.63, 3.8) is 0 Å². The molecule has 0 saturated carbocycles. The van der Waals surface area contributed by atoms with Crippen LogP contribution in [0.4, 0.5) is 5.69 Å². The highest BCUT2D eigenvalue weighted by molar-refractivity contribution is 7.92. The molecule has 0 unspecified atom stereocenters. The third-order valence-electron chi connectivity index (χ3n) is 4.84. The van der Waals surface area contributed by atoms with Crippen molar-refractivity contribution in [2.45, 2.75) is 37.5 Å². The van der Waals surface area contributed by atoms with E-state index in [0.717, 1.165) is 24.8 Å². The maximum absolute atomic E-state index is 13.2. The average Bonchev–Trinajstić information content (AvgIpc) is 2.72. The van der Waals surface area contributed by atoms with Crippen molar-refractivity contribution in [3.8, 4) is 0 Å². The standard InChI is InChI=1S/C22H26N2O3S/c1-18-12-14-21(15-13-18)28(26,27)24(20-10-6-3-7-11-20)17-22(25)23-16-19-8-4-2-5-9-19/h3,6-8,10-15H,2,4-5,9,16-17H2,1H3,(H,23,25). The van der Waals surface area contributed by atoms with Crippen molar-refractivity contribution in [2.75, 3.05) is 17.4 Å². The number of carbonyl (C=O) groups is 1. The molecule has 148 valence electrons. The highest BCUT2D eigenvalue weighted by atomic mass is 32.2. The molecule has 1 aliphatic rings. The summed E-state index contributed by atoms with van der Waals surface area (Å²) < 4.78 is 27.6. The van der Waals surface area contributed by atoms with Crippen LogP contribution in [0.2, 0.25) is 0 Å². The van der Waals surface area contributed by atoms with E-state index in [1.165, 1.54) is 16.3 Å². The molecule has 1 amide bonds. The molecule has 28 heavy (non-hydrogen) atoms. The van der Waals surface area contributed by atoms with Gasteiger partial charge in [-0.05, 0) is 56.9 Å². The molecule has 5 nitrogen and oxygen atoms in total. The molecule has 6 heteroatoms. The van der Waals surface area contributed by atoms with E-state index in [4.69, 9.17) is 0 Å². The molecule has 2 aromatic carbocycles. The SMILES string of the molecule is Cc1ccc(S(=O)(=O)N(CC(=O)NCC2=CCCCC2)c2ccccc2)cc1. The van der Waals surface area contributed by atoms with Crippen LogP contribution in [0, 0.1) is 6.92 Å². The lowest BCUT2D eigenvalue weighted by Gasteiger charge is -2.24. The number of nitrogens with zero attached hydrogens (tertiary/aromatic N) is 1. The van der Waals surface area contributed by atoms with Crippen LogP contribution in [0.15, 0.2) is 71.1 Å². The van der Waals surface area contributed by atoms with Crippen LogP contribution in [0.25, 0.3) is 0 Å². The Kier molecular flexibility index (Phi) is 6.52. The predicted molar refractivity (Wildman–Crippen MR) is 112 cm³/mol. The fourth-order valence-electron chi connectivity index (χ4n) is 3.21. The first kappa shape index (κ1) is 20.1. The quantitative estimate of drug-likeness (QED) is 0.721. The number of anilines is 1. The van der Waals surface area contributed by atoms with Crippen molar-refractivity contribution in [3.05, 3.63) is 71.8 Å². The van der Waals surface area contributed by atoms with E-state index in [1.807, 2.05) is 13.0 Å². The minimum Gasteiger partial charge on any atom is -0.351 e. The van der Waals surface area contributed by atoms with Crippen LogP contribution in [-0.4, -0.2) is 27.4 Å². The first-order valence-corrected chi connectivity index (χ1v) is 11.0. The molecule has 0 atom stereocenters. The second-order valence-electron chi connectivity index (χ2n) is 7.05. The van der Waals surface area contributed by atoms with Crippen LogP contribution >= 0.6 is 0 Å². The van der Waals surface area contributed by atoms with Crippen LogP contribution in [0.3, 0.4) is 0 Å². The van der Waals surface area contributed by atoms with E-state index in [0.29, 0.717) is 12.2 Å². The fourth-order valence-corrected chi connectivity index (χ4v) is 4.63. The van der Waals surface area contributed by atoms with Gasteiger partial charge in [0.15, 0.2) is 0 Å². The molecular weight excluding hydrogens is 372 g/mol. The zero-order chi connectivity index (χ0) is 20.0. The maximum atomic E-state index is 13.2. The summed E-state index contributed by atoms with van der Waals surface area (Å²) in [4.78, 5) is 12.7. The fraction of sp³-hybridized carbons (Fsp3) is 0.318. The van der Waals surface area contributed by atoms with Gasteiger partial charge >= 0.3 is 0 Å². The Labute approximate surface area is 167 Å². The summed E-state index contributed by atoms with van der Waals surface area (Å²) in [6, 6.07) is 15.4. The minimum absolute atomic E-state index is 0.171. The van der Waals surface area contributed by atoms with E-state index in [9.17, 15) is 13.2 Å². The topological polar surface area (TPSA) is 66.5 Å². The Balaban J connectivity index is 1.80. The van der Waals surface area contributed by atoms with Gasteiger partial charge in [0.1, 0.15) is 6.54 Å². The van der Waals surface area contributed by atoms with E-state index in [2.05, 4.69) is 11.4 Å². The largest absolute Gasteiger partial charge is 0.351 e. The third kappa shape index (κ3) is 5.01. The van der Waals surface area contributed by atoms with Gasteiger partial charge in [-0.2, -0.15) is 0 Å². The predicted octanol–water partition coefficient (Wildman–Crippen LogP) is 3.81. The number of sulfonamides is 1. The molecule has 1 N–H and O–H groups in total. The number of benzene rings is 2. The number of carbonyl (C=O) groups excluding carboxylic acids is 1. The van der Waals surface area contributed by atoms with Crippen LogP contribution in [0.5, 0.6) is 0 Å². The van der Waals surface area contributed by atoms with Gasteiger partial charge in [0.2, 0.25) is 5.91 Å². The highest BCUT2D eigenvalue weighted by Crippen LogP contribution is 2.23. The van der Waals surface area contributed by atoms with Crippen molar-refractivity contribution in [1.82, 2.24) is 5.32 Å². The van der Waals surface area contributed by atoms with Crippen LogP contribution in [-0.2, 0) is 14.8 Å². The summed E-state index contributed by atoms with van der Waals surface area (Å²) >= 11 is 0. The number of amides is 1. The number of nitrogens with one attached hydrogen (secondary N) is 1. The second kappa shape index (κ2) is 9.06. The number of hydrogen-bond acceptors (Lipinski definition) is 3. The lowest BCUT2D eigenvalue weighted by molar-refractivity contribution is -0.119. The Morgan fingerprint density at radius 2 is 1.75 bits per heavy atom. The Hall–Kier alpha value is -2.60. The normalized spacial score (nSPS) is 14.2. The van der Waals surface area contributed by atoms with Gasteiger partial charge in [-0.25, -0.2) is 8.42 Å². The summed E-state index contributed by atoms with van der Waals surface area (Å²) in [6.45, 7) is 2.12. The first-order valence-electron chi connectivity index (χ1n) is 9.56. The average molecular weight is 399 g/mol. The number of para-hydroxylation sites is 1. The molecule has 0 saturated heterocycles. The van der Waals surface area contributed by atoms with Crippen LogP contribution < -0.4 is 9.62 Å². The summed E-state index contributed by atoms with van der Waals surface area (Å²) in [7, 11) is -3.85. The van der Waals surface area contributed by atoms with Gasteiger partial charge in [-0.3, -0.25) is 9.10 Å². The van der Waals surface area contributed by atoms with Gasteiger partial charge in [0, 0.05) is 6.54 Å². The molecule has 0 radical (unpaired) electrons. The summed E-state index contributed by atoms with van der Waals surface area (Å²) in [5, 5.41) is 2.87. The van der Waals surface area contributed by atoms with E-state index >= 15 is 0 Å². The van der Waals surface area contributed by atoms with Gasteiger partial charge in [-0.15, -0.1) is 0 Å². The lowest BCUT2D eigenvalue weighted by Crippen LogP contribution is -2.41. The van der Waals surface area contributed by atoms with E-state index in [-0.39, 0.29) is 17.3 Å². The number of allylic oxidation sites excluding steroid dienone is 1. The molecule has 0 heterocycles. The molecule has 0 aromatic heterocycles. The Bertz CT molecular complexity index is 936. The molecule has 3 rings (SSSR count). The second-order valence-corrected chi connectivity index (χ2v) is 8.91. The van der Waals surface area contributed by atoms with Crippen molar-refractivity contribution < 1.29 is 13.2 Å². The lowest BCUT2D eigenvalue weighted by atomic mass is 10.00. The zero-order valence-corrected chi connectivity index (χ0v) is 16.9. The highest BCUT2D eigenvalue weighted by Gasteiger charge is 2.27.